The molecule has 3 heterocycles. The number of para-hydroxylation sites is 1. The van der Waals surface area contributed by atoms with Gasteiger partial charge in [-0.25, -0.2) is 4.68 Å². The number of carbonyl (C=O) groups excluding carboxylic acids is 2. The highest BCUT2D eigenvalue weighted by molar-refractivity contribution is 7.13. The summed E-state index contributed by atoms with van der Waals surface area (Å²) >= 11 is 1.61. The van der Waals surface area contributed by atoms with Gasteiger partial charge in [-0.2, -0.15) is 5.10 Å². The quantitative estimate of drug-likeness (QED) is 0.646. The van der Waals surface area contributed by atoms with E-state index in [2.05, 4.69) is 10.2 Å². The van der Waals surface area contributed by atoms with E-state index < -0.39 is 0 Å². The molecule has 1 saturated carbocycles. The average molecular weight is 436 g/mol. The zero-order valence-corrected chi connectivity index (χ0v) is 18.1. The highest BCUT2D eigenvalue weighted by Crippen LogP contribution is 2.26. The van der Waals surface area contributed by atoms with Crippen molar-refractivity contribution in [3.05, 3.63) is 59.6 Å². The molecule has 0 atom stereocenters. The second kappa shape index (κ2) is 8.64. The third-order valence-corrected chi connectivity index (χ3v) is 6.56. The molecule has 3 aromatic rings. The van der Waals surface area contributed by atoms with Crippen molar-refractivity contribution < 1.29 is 9.59 Å². The van der Waals surface area contributed by atoms with Crippen LogP contribution in [0.2, 0.25) is 0 Å². The van der Waals surface area contributed by atoms with Crippen LogP contribution in [0.1, 0.15) is 23.3 Å². The predicted octanol–water partition coefficient (Wildman–Crippen LogP) is 2.64. The molecule has 160 valence electrons. The molecule has 0 unspecified atom stereocenters. The van der Waals surface area contributed by atoms with Gasteiger partial charge in [-0.1, -0.05) is 24.3 Å². The SMILES string of the molecule is O=C(CN1CCN(C(=O)c2cc(-c3cccs3)nn2-c2ccccc2)CC1)NC1CC1. The van der Waals surface area contributed by atoms with Gasteiger partial charge in [0.15, 0.2) is 0 Å². The summed E-state index contributed by atoms with van der Waals surface area (Å²) < 4.78 is 1.74. The molecule has 2 aliphatic rings. The first-order chi connectivity index (χ1) is 15.2. The van der Waals surface area contributed by atoms with Gasteiger partial charge in [0, 0.05) is 32.2 Å². The van der Waals surface area contributed by atoms with Crippen molar-refractivity contribution in [3.8, 4) is 16.3 Å². The number of hydrogen-bond acceptors (Lipinski definition) is 5. The summed E-state index contributed by atoms with van der Waals surface area (Å²) in [5.74, 6) is 0.0614. The van der Waals surface area contributed by atoms with Gasteiger partial charge in [0.25, 0.3) is 5.91 Å². The highest BCUT2D eigenvalue weighted by Gasteiger charge is 2.28. The van der Waals surface area contributed by atoms with E-state index in [1.807, 2.05) is 58.8 Å². The van der Waals surface area contributed by atoms with Crippen LogP contribution in [0.3, 0.4) is 0 Å². The summed E-state index contributed by atoms with van der Waals surface area (Å²) in [5, 5.41) is 9.78. The standard InChI is InChI=1S/C23H25N5O2S/c29-22(24-17-8-9-17)16-26-10-12-27(13-11-26)23(30)20-15-19(21-7-4-14-31-21)25-28(20)18-5-2-1-3-6-18/h1-7,14-15,17H,8-13,16H2,(H,24,29). The first kappa shape index (κ1) is 20.0. The molecule has 7 nitrogen and oxygen atoms in total. The van der Waals surface area contributed by atoms with Crippen LogP contribution < -0.4 is 5.32 Å². The first-order valence-electron chi connectivity index (χ1n) is 10.7. The van der Waals surface area contributed by atoms with E-state index in [-0.39, 0.29) is 11.8 Å². The zero-order chi connectivity index (χ0) is 21.2. The van der Waals surface area contributed by atoms with Gasteiger partial charge in [0.2, 0.25) is 5.91 Å². The van der Waals surface area contributed by atoms with Gasteiger partial charge in [-0.15, -0.1) is 11.3 Å². The number of thiophene rings is 1. The number of aromatic nitrogens is 2. The average Bonchev–Trinajstić information content (AvgIpc) is 3.27. The molecular weight excluding hydrogens is 410 g/mol. The van der Waals surface area contributed by atoms with E-state index >= 15 is 0 Å². The number of hydrogen-bond donors (Lipinski definition) is 1. The number of benzene rings is 1. The van der Waals surface area contributed by atoms with Crippen molar-refractivity contribution in [2.45, 2.75) is 18.9 Å². The van der Waals surface area contributed by atoms with Gasteiger partial charge in [-0.05, 0) is 42.5 Å². The van der Waals surface area contributed by atoms with Crippen molar-refractivity contribution in [1.82, 2.24) is 24.9 Å². The van der Waals surface area contributed by atoms with Crippen molar-refractivity contribution in [2.24, 2.45) is 0 Å². The largest absolute Gasteiger partial charge is 0.352 e. The topological polar surface area (TPSA) is 70.5 Å². The molecule has 0 radical (unpaired) electrons. The Morgan fingerprint density at radius 1 is 1.03 bits per heavy atom. The molecule has 1 N–H and O–H groups in total. The molecule has 5 rings (SSSR count). The number of rotatable bonds is 6. The second-order valence-corrected chi connectivity index (χ2v) is 9.00. The lowest BCUT2D eigenvalue weighted by Crippen LogP contribution is -2.51. The maximum atomic E-state index is 13.4. The number of carbonyl (C=O) groups is 2. The minimum absolute atomic E-state index is 0.0266. The summed E-state index contributed by atoms with van der Waals surface area (Å²) in [4.78, 5) is 30.5. The van der Waals surface area contributed by atoms with E-state index in [9.17, 15) is 9.59 Å². The molecule has 2 aromatic heterocycles. The Morgan fingerprint density at radius 2 is 1.81 bits per heavy atom. The third-order valence-electron chi connectivity index (χ3n) is 5.67. The maximum absolute atomic E-state index is 13.4. The molecule has 0 spiro atoms. The smallest absolute Gasteiger partial charge is 0.272 e. The molecule has 31 heavy (non-hydrogen) atoms. The Hall–Kier alpha value is -2.97. The Morgan fingerprint density at radius 3 is 2.48 bits per heavy atom. The minimum Gasteiger partial charge on any atom is -0.352 e. The Kier molecular flexibility index (Phi) is 5.57. The molecule has 8 heteroatoms. The Balaban J connectivity index is 1.31. The van der Waals surface area contributed by atoms with Crippen LogP contribution in [0.25, 0.3) is 16.3 Å². The monoisotopic (exact) mass is 435 g/mol. The summed E-state index contributed by atoms with van der Waals surface area (Å²) in [6.07, 6.45) is 2.19. The molecule has 1 aromatic carbocycles. The number of piperazine rings is 1. The lowest BCUT2D eigenvalue weighted by atomic mass is 10.2. The van der Waals surface area contributed by atoms with E-state index in [1.54, 1.807) is 16.0 Å². The van der Waals surface area contributed by atoms with Gasteiger partial charge in [0.1, 0.15) is 11.4 Å². The minimum atomic E-state index is -0.0266. The van der Waals surface area contributed by atoms with Crippen LogP contribution in [0.15, 0.2) is 53.9 Å². The summed E-state index contributed by atoms with van der Waals surface area (Å²) in [6, 6.07) is 16.0. The highest BCUT2D eigenvalue weighted by atomic mass is 32.1. The van der Waals surface area contributed by atoms with E-state index in [1.165, 1.54) is 0 Å². The Labute approximate surface area is 185 Å². The molecule has 2 amide bonds. The van der Waals surface area contributed by atoms with Crippen LogP contribution in [0, 0.1) is 0 Å². The number of amides is 2. The zero-order valence-electron chi connectivity index (χ0n) is 17.2. The van der Waals surface area contributed by atoms with E-state index in [4.69, 9.17) is 5.10 Å². The summed E-state index contributed by atoms with van der Waals surface area (Å²) in [7, 11) is 0. The molecule has 2 fully saturated rings. The van der Waals surface area contributed by atoms with Crippen LogP contribution >= 0.6 is 11.3 Å². The number of nitrogens with one attached hydrogen (secondary N) is 1. The third kappa shape index (κ3) is 4.55. The van der Waals surface area contributed by atoms with Gasteiger partial charge < -0.3 is 10.2 Å². The van der Waals surface area contributed by atoms with Crippen LogP contribution in [-0.2, 0) is 4.79 Å². The molecule has 0 bridgehead atoms. The van der Waals surface area contributed by atoms with Gasteiger partial charge in [-0.3, -0.25) is 14.5 Å². The molecule has 1 saturated heterocycles. The normalized spacial score (nSPS) is 17.0. The van der Waals surface area contributed by atoms with Crippen LogP contribution in [0.5, 0.6) is 0 Å². The molecular formula is C23H25N5O2S. The summed E-state index contributed by atoms with van der Waals surface area (Å²) in [5.41, 5.74) is 2.23. The molecule has 1 aliphatic heterocycles. The van der Waals surface area contributed by atoms with Crippen LogP contribution in [0.4, 0.5) is 0 Å². The van der Waals surface area contributed by atoms with E-state index in [0.717, 1.165) is 29.1 Å². The fourth-order valence-electron chi connectivity index (χ4n) is 3.82. The number of nitrogens with zero attached hydrogens (tertiary/aromatic N) is 4. The van der Waals surface area contributed by atoms with Crippen molar-refractivity contribution >= 4 is 23.2 Å². The summed E-state index contributed by atoms with van der Waals surface area (Å²) in [6.45, 7) is 3.00. The lowest BCUT2D eigenvalue weighted by Gasteiger charge is -2.34. The predicted molar refractivity (Wildman–Crippen MR) is 120 cm³/mol. The first-order valence-corrected chi connectivity index (χ1v) is 11.6. The van der Waals surface area contributed by atoms with Gasteiger partial charge in [0.05, 0.1) is 17.1 Å². The molecule has 1 aliphatic carbocycles. The van der Waals surface area contributed by atoms with Crippen molar-refractivity contribution in [3.63, 3.8) is 0 Å². The van der Waals surface area contributed by atoms with Crippen molar-refractivity contribution in [2.75, 3.05) is 32.7 Å². The van der Waals surface area contributed by atoms with E-state index in [0.29, 0.717) is 44.5 Å². The Bertz CT molecular complexity index is 1050. The fourth-order valence-corrected chi connectivity index (χ4v) is 4.50. The van der Waals surface area contributed by atoms with Gasteiger partial charge >= 0.3 is 0 Å². The fraction of sp³-hybridized carbons (Fsp3) is 0.348. The second-order valence-electron chi connectivity index (χ2n) is 8.05. The van der Waals surface area contributed by atoms with Crippen molar-refractivity contribution in [1.29, 1.82) is 0 Å². The van der Waals surface area contributed by atoms with Crippen LogP contribution in [-0.4, -0.2) is 70.2 Å². The lowest BCUT2D eigenvalue weighted by molar-refractivity contribution is -0.122. The maximum Gasteiger partial charge on any atom is 0.272 e.